The largest absolute Gasteiger partial charge is 0.356 e. The van der Waals surface area contributed by atoms with E-state index in [4.69, 9.17) is 4.52 Å². The van der Waals surface area contributed by atoms with Gasteiger partial charge in [-0.3, -0.25) is 4.79 Å². The topological polar surface area (TPSA) is 78.9 Å². The van der Waals surface area contributed by atoms with Crippen LogP contribution in [0.5, 0.6) is 0 Å². The minimum Gasteiger partial charge on any atom is -0.356 e. The fourth-order valence-electron chi connectivity index (χ4n) is 2.39. The summed E-state index contributed by atoms with van der Waals surface area (Å²) >= 11 is 1.68. The van der Waals surface area contributed by atoms with Crippen LogP contribution >= 0.6 is 11.8 Å². The molecular weight excluding hydrogens is 298 g/mol. The highest BCUT2D eigenvalue weighted by Gasteiger charge is 2.36. The second-order valence-corrected chi connectivity index (χ2v) is 6.38. The van der Waals surface area contributed by atoms with Crippen molar-refractivity contribution in [1.29, 1.82) is 5.26 Å². The molecule has 22 heavy (non-hydrogen) atoms. The highest BCUT2D eigenvalue weighted by Crippen LogP contribution is 2.27. The Morgan fingerprint density at radius 1 is 1.45 bits per heavy atom. The lowest BCUT2D eigenvalue weighted by Gasteiger charge is -2.20. The highest BCUT2D eigenvalue weighted by atomic mass is 32.2. The summed E-state index contributed by atoms with van der Waals surface area (Å²) in [5.41, 5.74) is 0.755. The van der Waals surface area contributed by atoms with Gasteiger partial charge in [-0.1, -0.05) is 35.5 Å². The van der Waals surface area contributed by atoms with Crippen LogP contribution in [0.4, 0.5) is 0 Å². The lowest BCUT2D eigenvalue weighted by atomic mass is 10.0. The Balaban J connectivity index is 1.65. The Labute approximate surface area is 132 Å². The molecule has 1 fully saturated rings. The molecule has 0 bridgehead atoms. The van der Waals surface area contributed by atoms with Crippen molar-refractivity contribution >= 4 is 17.7 Å². The third kappa shape index (κ3) is 3.15. The van der Waals surface area contributed by atoms with Crippen molar-refractivity contribution < 1.29 is 9.32 Å². The normalized spacial score (nSPS) is 20.5. The van der Waals surface area contributed by atoms with Crippen LogP contribution in [-0.4, -0.2) is 28.1 Å². The fraction of sp³-hybridized carbons (Fsp3) is 0.312. The van der Waals surface area contributed by atoms with Crippen LogP contribution in [0.25, 0.3) is 11.3 Å². The quantitative estimate of drug-likeness (QED) is 0.937. The first-order chi connectivity index (χ1) is 10.7. The number of nitrogens with zero attached hydrogens (tertiary/aromatic N) is 2. The Hall–Kier alpha value is -2.26. The van der Waals surface area contributed by atoms with Gasteiger partial charge in [0, 0.05) is 17.4 Å². The van der Waals surface area contributed by atoms with Crippen LogP contribution in [-0.2, 0) is 11.2 Å². The van der Waals surface area contributed by atoms with Gasteiger partial charge in [0.1, 0.15) is 5.54 Å². The molecule has 5 nitrogen and oxygen atoms in total. The SMILES string of the molecule is N#C[C@]1(NC(=O)Cc2cc(-c3ccccc3)on2)CCSC1. The maximum atomic E-state index is 12.1. The van der Waals surface area contributed by atoms with E-state index in [-0.39, 0.29) is 12.3 Å². The molecule has 0 spiro atoms. The number of nitrogens with one attached hydrogen (secondary N) is 1. The molecule has 1 aliphatic rings. The predicted octanol–water partition coefficient (Wildman–Crippen LogP) is 2.40. The first-order valence-corrected chi connectivity index (χ1v) is 8.17. The molecule has 6 heteroatoms. The summed E-state index contributed by atoms with van der Waals surface area (Å²) in [6, 6.07) is 13.6. The molecule has 0 saturated carbocycles. The van der Waals surface area contributed by atoms with Gasteiger partial charge in [0.2, 0.25) is 5.91 Å². The van der Waals surface area contributed by atoms with Crippen LogP contribution in [0.3, 0.4) is 0 Å². The molecule has 1 saturated heterocycles. The third-order valence-electron chi connectivity index (χ3n) is 3.57. The van der Waals surface area contributed by atoms with E-state index in [2.05, 4.69) is 16.5 Å². The zero-order valence-corrected chi connectivity index (χ0v) is 12.7. The Morgan fingerprint density at radius 2 is 2.27 bits per heavy atom. The van der Waals surface area contributed by atoms with E-state index in [9.17, 15) is 10.1 Å². The number of amides is 1. The average molecular weight is 313 g/mol. The predicted molar refractivity (Wildman–Crippen MR) is 84.1 cm³/mol. The molecule has 1 amide bonds. The first-order valence-electron chi connectivity index (χ1n) is 7.02. The number of carbonyl (C=O) groups is 1. The molecule has 3 rings (SSSR count). The van der Waals surface area contributed by atoms with Crippen LogP contribution in [0.15, 0.2) is 40.9 Å². The van der Waals surface area contributed by atoms with Crippen LogP contribution in [0.1, 0.15) is 12.1 Å². The van der Waals surface area contributed by atoms with Gasteiger partial charge < -0.3 is 9.84 Å². The number of hydrogen-bond donors (Lipinski definition) is 1. The number of aromatic nitrogens is 1. The molecule has 1 aromatic carbocycles. The monoisotopic (exact) mass is 313 g/mol. The van der Waals surface area contributed by atoms with Crippen molar-refractivity contribution in [2.45, 2.75) is 18.4 Å². The van der Waals surface area contributed by atoms with Crippen molar-refractivity contribution in [1.82, 2.24) is 10.5 Å². The van der Waals surface area contributed by atoms with Gasteiger partial charge in [0.25, 0.3) is 0 Å². The Bertz CT molecular complexity index is 700. The number of hydrogen-bond acceptors (Lipinski definition) is 5. The molecule has 0 aliphatic carbocycles. The summed E-state index contributed by atoms with van der Waals surface area (Å²) in [4.78, 5) is 12.1. The molecule has 0 unspecified atom stereocenters. The van der Waals surface area contributed by atoms with Gasteiger partial charge in [0.05, 0.1) is 18.2 Å². The van der Waals surface area contributed by atoms with Crippen LogP contribution in [0, 0.1) is 11.3 Å². The van der Waals surface area contributed by atoms with E-state index >= 15 is 0 Å². The summed E-state index contributed by atoms with van der Waals surface area (Å²) < 4.78 is 5.27. The Kier molecular flexibility index (Phi) is 4.16. The van der Waals surface area contributed by atoms with E-state index in [0.717, 1.165) is 11.3 Å². The minimum absolute atomic E-state index is 0.116. The lowest BCUT2D eigenvalue weighted by Crippen LogP contribution is -2.48. The molecule has 1 atom stereocenters. The van der Waals surface area contributed by atoms with Gasteiger partial charge in [0.15, 0.2) is 5.76 Å². The minimum atomic E-state index is -0.728. The standard InChI is InChI=1S/C16H15N3O2S/c17-10-16(6-7-22-11-16)18-15(20)9-13-8-14(21-19-13)12-4-2-1-3-5-12/h1-5,8H,6-7,9,11H2,(H,18,20)/t16-/m1/s1. The van der Waals surface area contributed by atoms with Gasteiger partial charge >= 0.3 is 0 Å². The lowest BCUT2D eigenvalue weighted by molar-refractivity contribution is -0.121. The zero-order chi connectivity index (χ0) is 15.4. The number of carbonyl (C=O) groups excluding carboxylic acids is 1. The summed E-state index contributed by atoms with van der Waals surface area (Å²) in [6.45, 7) is 0. The molecule has 0 radical (unpaired) electrons. The number of nitriles is 1. The summed E-state index contributed by atoms with van der Waals surface area (Å²) in [5.74, 6) is 1.98. The highest BCUT2D eigenvalue weighted by molar-refractivity contribution is 7.99. The fourth-order valence-corrected chi connectivity index (χ4v) is 3.66. The van der Waals surface area contributed by atoms with E-state index in [0.29, 0.717) is 23.6 Å². The van der Waals surface area contributed by atoms with Gasteiger partial charge in [-0.05, 0) is 12.2 Å². The second-order valence-electron chi connectivity index (χ2n) is 5.27. The number of rotatable bonds is 4. The smallest absolute Gasteiger partial charge is 0.227 e. The molecule has 2 heterocycles. The van der Waals surface area contributed by atoms with Crippen LogP contribution < -0.4 is 5.32 Å². The van der Waals surface area contributed by atoms with E-state index in [1.807, 2.05) is 30.3 Å². The van der Waals surface area contributed by atoms with Gasteiger partial charge in [-0.15, -0.1) is 0 Å². The molecular formula is C16H15N3O2S. The maximum Gasteiger partial charge on any atom is 0.227 e. The van der Waals surface area contributed by atoms with Gasteiger partial charge in [-0.25, -0.2) is 0 Å². The number of thioether (sulfide) groups is 1. The molecule has 1 N–H and O–H groups in total. The summed E-state index contributed by atoms with van der Waals surface area (Å²) in [7, 11) is 0. The van der Waals surface area contributed by atoms with E-state index in [1.54, 1.807) is 17.8 Å². The van der Waals surface area contributed by atoms with Crippen LogP contribution in [0.2, 0.25) is 0 Å². The Morgan fingerprint density at radius 3 is 2.95 bits per heavy atom. The van der Waals surface area contributed by atoms with Crippen molar-refractivity contribution in [3.05, 3.63) is 42.1 Å². The first kappa shape index (κ1) is 14.7. The molecule has 1 aliphatic heterocycles. The van der Waals surface area contributed by atoms with Gasteiger partial charge in [-0.2, -0.15) is 17.0 Å². The van der Waals surface area contributed by atoms with Crippen molar-refractivity contribution in [2.75, 3.05) is 11.5 Å². The molecule has 1 aromatic heterocycles. The number of benzene rings is 1. The molecule has 112 valence electrons. The van der Waals surface area contributed by atoms with E-state index < -0.39 is 5.54 Å². The van der Waals surface area contributed by atoms with Crippen molar-refractivity contribution in [3.63, 3.8) is 0 Å². The summed E-state index contributed by atoms with van der Waals surface area (Å²) in [6.07, 6.45) is 0.804. The average Bonchev–Trinajstić information content (AvgIpc) is 3.18. The van der Waals surface area contributed by atoms with Crippen molar-refractivity contribution in [3.8, 4) is 17.4 Å². The second kappa shape index (κ2) is 6.24. The third-order valence-corrected chi connectivity index (χ3v) is 4.76. The van der Waals surface area contributed by atoms with E-state index in [1.165, 1.54) is 0 Å². The zero-order valence-electron chi connectivity index (χ0n) is 11.9. The summed E-state index contributed by atoms with van der Waals surface area (Å²) in [5, 5.41) is 16.0. The van der Waals surface area contributed by atoms with Crippen molar-refractivity contribution in [2.24, 2.45) is 0 Å². The molecule has 2 aromatic rings. The maximum absolute atomic E-state index is 12.1.